The number of hydrogen-bond donors (Lipinski definition) is 1. The van der Waals surface area contributed by atoms with Gasteiger partial charge in [-0.05, 0) is 12.1 Å². The van der Waals surface area contributed by atoms with Crippen molar-refractivity contribution >= 4 is 11.6 Å². The fourth-order valence-corrected chi connectivity index (χ4v) is 1.41. The van der Waals surface area contributed by atoms with Gasteiger partial charge >= 0.3 is 0 Å². The van der Waals surface area contributed by atoms with Crippen molar-refractivity contribution < 1.29 is 4.79 Å². The first-order valence-electron chi connectivity index (χ1n) is 5.08. The molecule has 0 aliphatic carbocycles. The number of carbonyl (C=O) groups excluding carboxylic acids is 1. The molecular formula is C12H15N3O. The van der Waals surface area contributed by atoms with Crippen LogP contribution in [0.15, 0.2) is 24.3 Å². The summed E-state index contributed by atoms with van der Waals surface area (Å²) in [5.74, 6) is -0.318. The lowest BCUT2D eigenvalue weighted by atomic mass is 10.1. The lowest BCUT2D eigenvalue weighted by molar-refractivity contribution is -0.121. The molecule has 16 heavy (non-hydrogen) atoms. The van der Waals surface area contributed by atoms with Crippen molar-refractivity contribution in [1.82, 2.24) is 0 Å². The fraction of sp³-hybridized carbons (Fsp3) is 0.333. The largest absolute Gasteiger partial charge is 0.330 e. The van der Waals surface area contributed by atoms with Gasteiger partial charge in [0, 0.05) is 19.5 Å². The molecule has 0 spiro atoms. The third kappa shape index (κ3) is 2.38. The summed E-state index contributed by atoms with van der Waals surface area (Å²) < 4.78 is 0. The lowest BCUT2D eigenvalue weighted by Crippen LogP contribution is -2.35. The van der Waals surface area contributed by atoms with Gasteiger partial charge in [-0.2, -0.15) is 5.26 Å². The Kier molecular flexibility index (Phi) is 4.03. The number of nitrogens with two attached hydrogens (primary N) is 1. The summed E-state index contributed by atoms with van der Waals surface area (Å²) >= 11 is 0. The van der Waals surface area contributed by atoms with Crippen LogP contribution in [0.3, 0.4) is 0 Å². The molecule has 0 saturated carbocycles. The van der Waals surface area contributed by atoms with Crippen LogP contribution in [0.25, 0.3) is 0 Å². The molecule has 0 fully saturated rings. The SMILES string of the molecule is CC(CN)C(=O)N(C)c1ccccc1C#N. The molecular weight excluding hydrogens is 202 g/mol. The molecule has 0 radical (unpaired) electrons. The van der Waals surface area contributed by atoms with Crippen molar-refractivity contribution in [3.63, 3.8) is 0 Å². The maximum absolute atomic E-state index is 11.9. The third-order valence-corrected chi connectivity index (χ3v) is 2.49. The smallest absolute Gasteiger partial charge is 0.230 e. The Morgan fingerprint density at radius 2 is 2.19 bits per heavy atom. The number of hydrogen-bond acceptors (Lipinski definition) is 3. The molecule has 4 nitrogen and oxygen atoms in total. The molecule has 1 rings (SSSR count). The summed E-state index contributed by atoms with van der Waals surface area (Å²) in [5.41, 5.74) is 6.56. The van der Waals surface area contributed by atoms with Crippen molar-refractivity contribution in [2.45, 2.75) is 6.92 Å². The fourth-order valence-electron chi connectivity index (χ4n) is 1.41. The van der Waals surface area contributed by atoms with Gasteiger partial charge in [0.05, 0.1) is 11.3 Å². The second kappa shape index (κ2) is 5.29. The van der Waals surface area contributed by atoms with Crippen LogP contribution in [0.1, 0.15) is 12.5 Å². The molecule has 0 saturated heterocycles. The summed E-state index contributed by atoms with van der Waals surface area (Å²) in [6.07, 6.45) is 0. The van der Waals surface area contributed by atoms with Gasteiger partial charge in [-0.3, -0.25) is 4.79 Å². The lowest BCUT2D eigenvalue weighted by Gasteiger charge is -2.21. The predicted molar refractivity (Wildman–Crippen MR) is 62.8 cm³/mol. The standard InChI is InChI=1S/C12H15N3O/c1-9(7-13)12(16)15(2)11-6-4-3-5-10(11)8-14/h3-6,9H,7,13H2,1-2H3. The predicted octanol–water partition coefficient (Wildman–Crippen LogP) is 1.12. The van der Waals surface area contributed by atoms with Crippen LogP contribution in [0.5, 0.6) is 0 Å². The Hall–Kier alpha value is -1.86. The highest BCUT2D eigenvalue weighted by Gasteiger charge is 2.18. The van der Waals surface area contributed by atoms with E-state index in [1.807, 2.05) is 0 Å². The number of nitriles is 1. The Morgan fingerprint density at radius 3 is 2.75 bits per heavy atom. The zero-order valence-corrected chi connectivity index (χ0v) is 9.47. The monoisotopic (exact) mass is 217 g/mol. The van der Waals surface area contributed by atoms with Crippen LogP contribution in [0.2, 0.25) is 0 Å². The van der Waals surface area contributed by atoms with E-state index < -0.39 is 0 Å². The molecule has 84 valence electrons. The van der Waals surface area contributed by atoms with E-state index in [1.54, 1.807) is 38.2 Å². The quantitative estimate of drug-likeness (QED) is 0.824. The minimum atomic E-state index is -0.239. The first-order chi connectivity index (χ1) is 7.61. The molecule has 0 bridgehead atoms. The van der Waals surface area contributed by atoms with Crippen molar-refractivity contribution in [3.05, 3.63) is 29.8 Å². The van der Waals surface area contributed by atoms with Crippen molar-refractivity contribution in [1.29, 1.82) is 5.26 Å². The summed E-state index contributed by atoms with van der Waals surface area (Å²) in [4.78, 5) is 13.4. The number of anilines is 1. The van der Waals surface area contributed by atoms with E-state index in [0.717, 1.165) is 0 Å². The molecule has 1 atom stereocenters. The minimum Gasteiger partial charge on any atom is -0.330 e. The van der Waals surface area contributed by atoms with Crippen molar-refractivity contribution in [2.24, 2.45) is 11.7 Å². The van der Waals surface area contributed by atoms with Crippen LogP contribution in [0.4, 0.5) is 5.69 Å². The van der Waals surface area contributed by atoms with Crippen molar-refractivity contribution in [2.75, 3.05) is 18.5 Å². The average molecular weight is 217 g/mol. The Balaban J connectivity index is 3.01. The number of benzene rings is 1. The van der Waals surface area contributed by atoms with E-state index in [0.29, 0.717) is 17.8 Å². The molecule has 0 aromatic heterocycles. The van der Waals surface area contributed by atoms with E-state index in [2.05, 4.69) is 6.07 Å². The highest BCUT2D eigenvalue weighted by atomic mass is 16.2. The molecule has 1 unspecified atom stereocenters. The molecule has 1 amide bonds. The summed E-state index contributed by atoms with van der Waals surface area (Å²) in [5, 5.41) is 8.93. The van der Waals surface area contributed by atoms with E-state index in [4.69, 9.17) is 11.0 Å². The molecule has 1 aromatic rings. The van der Waals surface area contributed by atoms with Crippen LogP contribution >= 0.6 is 0 Å². The number of nitrogens with zero attached hydrogens (tertiary/aromatic N) is 2. The highest BCUT2D eigenvalue weighted by Crippen LogP contribution is 2.19. The zero-order chi connectivity index (χ0) is 12.1. The molecule has 0 heterocycles. The van der Waals surface area contributed by atoms with E-state index in [1.165, 1.54) is 4.90 Å². The zero-order valence-electron chi connectivity index (χ0n) is 9.47. The van der Waals surface area contributed by atoms with E-state index in [-0.39, 0.29) is 11.8 Å². The maximum Gasteiger partial charge on any atom is 0.230 e. The second-order valence-electron chi connectivity index (χ2n) is 3.66. The third-order valence-electron chi connectivity index (χ3n) is 2.49. The first kappa shape index (κ1) is 12.2. The van der Waals surface area contributed by atoms with Crippen molar-refractivity contribution in [3.8, 4) is 6.07 Å². The minimum absolute atomic E-state index is 0.0785. The maximum atomic E-state index is 11.9. The van der Waals surface area contributed by atoms with Gasteiger partial charge in [0.1, 0.15) is 6.07 Å². The molecule has 2 N–H and O–H groups in total. The van der Waals surface area contributed by atoms with Gasteiger partial charge in [-0.25, -0.2) is 0 Å². The highest BCUT2D eigenvalue weighted by molar-refractivity contribution is 5.95. The van der Waals surface area contributed by atoms with E-state index >= 15 is 0 Å². The Morgan fingerprint density at radius 1 is 1.56 bits per heavy atom. The van der Waals surface area contributed by atoms with Gasteiger partial charge in [-0.15, -0.1) is 0 Å². The van der Waals surface area contributed by atoms with Gasteiger partial charge in [0.2, 0.25) is 5.91 Å². The summed E-state index contributed by atoms with van der Waals surface area (Å²) in [6.45, 7) is 2.08. The van der Waals surface area contributed by atoms with Gasteiger partial charge < -0.3 is 10.6 Å². The molecule has 0 aliphatic heterocycles. The van der Waals surface area contributed by atoms with Gasteiger partial charge in [-0.1, -0.05) is 19.1 Å². The van der Waals surface area contributed by atoms with Gasteiger partial charge in [0.15, 0.2) is 0 Å². The molecule has 1 aromatic carbocycles. The molecule has 0 aliphatic rings. The molecule has 4 heteroatoms. The average Bonchev–Trinajstić information content (AvgIpc) is 2.35. The van der Waals surface area contributed by atoms with Crippen LogP contribution in [0, 0.1) is 17.2 Å². The number of rotatable bonds is 3. The Labute approximate surface area is 95.3 Å². The first-order valence-corrected chi connectivity index (χ1v) is 5.08. The number of amides is 1. The summed E-state index contributed by atoms with van der Waals surface area (Å²) in [7, 11) is 1.66. The van der Waals surface area contributed by atoms with Crippen LogP contribution < -0.4 is 10.6 Å². The summed E-state index contributed by atoms with van der Waals surface area (Å²) in [6, 6.07) is 9.07. The number of carbonyl (C=O) groups is 1. The second-order valence-corrected chi connectivity index (χ2v) is 3.66. The van der Waals surface area contributed by atoms with Crippen LogP contribution in [-0.2, 0) is 4.79 Å². The normalized spacial score (nSPS) is 11.6. The van der Waals surface area contributed by atoms with Crippen LogP contribution in [-0.4, -0.2) is 19.5 Å². The number of para-hydroxylation sites is 1. The van der Waals surface area contributed by atoms with E-state index in [9.17, 15) is 4.79 Å². The Bertz CT molecular complexity index is 423. The van der Waals surface area contributed by atoms with Gasteiger partial charge in [0.25, 0.3) is 0 Å². The topological polar surface area (TPSA) is 70.1 Å².